The first kappa shape index (κ1) is 15.3. The molecule has 5 nitrogen and oxygen atoms in total. The molecular weight excluding hydrogens is 271 g/mol. The Bertz CT molecular complexity index is 583. The van der Waals surface area contributed by atoms with Crippen molar-refractivity contribution in [2.75, 3.05) is 11.9 Å². The van der Waals surface area contributed by atoms with Crippen LogP contribution in [0.5, 0.6) is 5.75 Å². The largest absolute Gasteiger partial charge is 0.491 e. The van der Waals surface area contributed by atoms with E-state index in [0.717, 1.165) is 12.4 Å². The van der Waals surface area contributed by atoms with E-state index in [4.69, 9.17) is 4.74 Å². The summed E-state index contributed by atoms with van der Waals surface area (Å²) >= 11 is 0. The number of ether oxygens (including phenoxy) is 1. The van der Waals surface area contributed by atoms with Crippen molar-refractivity contribution < 1.29 is 9.13 Å². The van der Waals surface area contributed by atoms with Crippen LogP contribution in [0.1, 0.15) is 26.6 Å². The van der Waals surface area contributed by atoms with Crippen LogP contribution in [0.2, 0.25) is 0 Å². The molecule has 114 valence electrons. The predicted molar refractivity (Wildman–Crippen MR) is 79.8 cm³/mol. The van der Waals surface area contributed by atoms with Gasteiger partial charge in [-0.05, 0) is 25.0 Å². The second-order valence-corrected chi connectivity index (χ2v) is 5.18. The maximum Gasteiger partial charge on any atom is 0.167 e. The van der Waals surface area contributed by atoms with Gasteiger partial charge >= 0.3 is 0 Å². The summed E-state index contributed by atoms with van der Waals surface area (Å²) in [6.45, 7) is 7.84. The zero-order valence-corrected chi connectivity index (χ0v) is 12.6. The van der Waals surface area contributed by atoms with E-state index < -0.39 is 0 Å². The molecule has 0 bridgehead atoms. The fourth-order valence-electron chi connectivity index (χ4n) is 1.99. The Hall–Kier alpha value is -2.11. The van der Waals surface area contributed by atoms with Gasteiger partial charge in [-0.2, -0.15) is 5.10 Å². The number of anilines is 1. The van der Waals surface area contributed by atoms with Gasteiger partial charge in [-0.15, -0.1) is 0 Å². The molecule has 1 aromatic heterocycles. The van der Waals surface area contributed by atoms with Gasteiger partial charge in [0.1, 0.15) is 12.2 Å². The molecule has 0 unspecified atom stereocenters. The number of nitrogens with one attached hydrogen (secondary N) is 1. The lowest BCUT2D eigenvalue weighted by Gasteiger charge is -2.11. The quantitative estimate of drug-likeness (QED) is 0.852. The summed E-state index contributed by atoms with van der Waals surface area (Å²) in [4.78, 5) is 4.22. The lowest BCUT2D eigenvalue weighted by atomic mass is 10.2. The van der Waals surface area contributed by atoms with Crippen molar-refractivity contribution in [2.45, 2.75) is 33.9 Å². The van der Waals surface area contributed by atoms with Crippen molar-refractivity contribution in [1.29, 1.82) is 0 Å². The van der Waals surface area contributed by atoms with Crippen LogP contribution >= 0.6 is 0 Å². The molecule has 6 heteroatoms. The summed E-state index contributed by atoms with van der Waals surface area (Å²) < 4.78 is 20.8. The van der Waals surface area contributed by atoms with Gasteiger partial charge in [-0.3, -0.25) is 0 Å². The second-order valence-electron chi connectivity index (χ2n) is 5.18. The normalized spacial score (nSPS) is 10.9. The first-order chi connectivity index (χ1) is 10.1. The topological polar surface area (TPSA) is 52.0 Å². The Morgan fingerprint density at radius 3 is 2.86 bits per heavy atom. The molecule has 1 aromatic carbocycles. The zero-order valence-electron chi connectivity index (χ0n) is 12.6. The van der Waals surface area contributed by atoms with Gasteiger partial charge in [0.15, 0.2) is 11.6 Å². The van der Waals surface area contributed by atoms with Crippen LogP contribution < -0.4 is 10.1 Å². The van der Waals surface area contributed by atoms with Gasteiger partial charge in [0, 0.05) is 18.3 Å². The average molecular weight is 292 g/mol. The Labute approximate surface area is 124 Å². The third kappa shape index (κ3) is 4.18. The summed E-state index contributed by atoms with van der Waals surface area (Å²) in [7, 11) is 0. The maximum atomic E-state index is 13.8. The second kappa shape index (κ2) is 7.06. The van der Waals surface area contributed by atoms with E-state index in [1.807, 2.05) is 11.6 Å². The fourth-order valence-corrected chi connectivity index (χ4v) is 1.99. The summed E-state index contributed by atoms with van der Waals surface area (Å²) in [6, 6.07) is 4.84. The lowest BCUT2D eigenvalue weighted by molar-refractivity contribution is 0.321. The minimum atomic E-state index is -0.370. The highest BCUT2D eigenvalue weighted by molar-refractivity contribution is 5.47. The number of hydrogen-bond donors (Lipinski definition) is 1. The number of rotatable bonds is 7. The average Bonchev–Trinajstić information content (AvgIpc) is 2.86. The van der Waals surface area contributed by atoms with E-state index >= 15 is 0 Å². The number of nitrogens with zero attached hydrogens (tertiary/aromatic N) is 3. The van der Waals surface area contributed by atoms with Gasteiger partial charge in [0.05, 0.1) is 13.2 Å². The summed E-state index contributed by atoms with van der Waals surface area (Å²) in [5, 5.41) is 7.35. The third-order valence-corrected chi connectivity index (χ3v) is 2.92. The molecule has 21 heavy (non-hydrogen) atoms. The number of hydrogen-bond acceptors (Lipinski definition) is 4. The summed E-state index contributed by atoms with van der Waals surface area (Å²) in [5.41, 5.74) is 0.690. The Balaban J connectivity index is 2.00. The van der Waals surface area contributed by atoms with Gasteiger partial charge < -0.3 is 10.1 Å². The molecule has 0 radical (unpaired) electrons. The van der Waals surface area contributed by atoms with Crippen LogP contribution in [-0.4, -0.2) is 21.4 Å². The van der Waals surface area contributed by atoms with Crippen LogP contribution in [0.15, 0.2) is 24.5 Å². The molecule has 0 saturated carbocycles. The zero-order chi connectivity index (χ0) is 15.2. The van der Waals surface area contributed by atoms with Crippen LogP contribution in [0.3, 0.4) is 0 Å². The van der Waals surface area contributed by atoms with Gasteiger partial charge in [-0.1, -0.05) is 13.8 Å². The monoisotopic (exact) mass is 292 g/mol. The van der Waals surface area contributed by atoms with Crippen molar-refractivity contribution in [3.63, 3.8) is 0 Å². The Kier molecular flexibility index (Phi) is 5.14. The van der Waals surface area contributed by atoms with E-state index in [9.17, 15) is 4.39 Å². The predicted octanol–water partition coefficient (Wildman–Crippen LogP) is 3.08. The van der Waals surface area contributed by atoms with Gasteiger partial charge in [0.2, 0.25) is 0 Å². The highest BCUT2D eigenvalue weighted by atomic mass is 19.1. The van der Waals surface area contributed by atoms with Gasteiger partial charge in [0.25, 0.3) is 0 Å². The lowest BCUT2D eigenvalue weighted by Crippen LogP contribution is -2.13. The van der Waals surface area contributed by atoms with Crippen LogP contribution in [0.25, 0.3) is 0 Å². The van der Waals surface area contributed by atoms with Crippen LogP contribution in [0.4, 0.5) is 10.1 Å². The highest BCUT2D eigenvalue weighted by Gasteiger charge is 2.08. The van der Waals surface area contributed by atoms with Crippen molar-refractivity contribution >= 4 is 5.69 Å². The van der Waals surface area contributed by atoms with Crippen molar-refractivity contribution in [3.8, 4) is 5.75 Å². The van der Waals surface area contributed by atoms with E-state index in [2.05, 4.69) is 29.2 Å². The van der Waals surface area contributed by atoms with Crippen molar-refractivity contribution in [3.05, 3.63) is 36.2 Å². The van der Waals surface area contributed by atoms with E-state index in [1.165, 1.54) is 12.4 Å². The van der Waals surface area contributed by atoms with Crippen LogP contribution in [-0.2, 0) is 13.1 Å². The standard InChI is InChI=1S/C15H21FN4O/c1-4-21-14-6-5-12(7-13(14)16)17-8-15-18-10-19-20(15)9-11(2)3/h5-7,10-11,17H,4,8-9H2,1-3H3. The van der Waals surface area contributed by atoms with Crippen molar-refractivity contribution in [2.24, 2.45) is 5.92 Å². The molecule has 0 aliphatic carbocycles. The minimum Gasteiger partial charge on any atom is -0.491 e. The number of halogens is 1. The molecule has 1 N–H and O–H groups in total. The summed E-state index contributed by atoms with van der Waals surface area (Å²) in [5.74, 6) is 1.22. The smallest absolute Gasteiger partial charge is 0.167 e. The third-order valence-electron chi connectivity index (χ3n) is 2.92. The molecular formula is C15H21FN4O. The summed E-state index contributed by atoms with van der Waals surface area (Å²) in [6.07, 6.45) is 1.54. The Morgan fingerprint density at radius 1 is 1.38 bits per heavy atom. The molecule has 0 atom stereocenters. The van der Waals surface area contributed by atoms with Crippen molar-refractivity contribution in [1.82, 2.24) is 14.8 Å². The molecule has 0 fully saturated rings. The molecule has 0 aliphatic rings. The molecule has 2 aromatic rings. The first-order valence-corrected chi connectivity index (χ1v) is 7.13. The molecule has 0 aliphatic heterocycles. The molecule has 1 heterocycles. The van der Waals surface area contributed by atoms with Gasteiger partial charge in [-0.25, -0.2) is 14.1 Å². The SMILES string of the molecule is CCOc1ccc(NCc2ncnn2CC(C)C)cc1F. The van der Waals surface area contributed by atoms with E-state index in [0.29, 0.717) is 24.8 Å². The molecule has 0 saturated heterocycles. The Morgan fingerprint density at radius 2 is 2.19 bits per heavy atom. The van der Waals surface area contributed by atoms with E-state index in [1.54, 1.807) is 12.1 Å². The number of benzene rings is 1. The first-order valence-electron chi connectivity index (χ1n) is 7.13. The van der Waals surface area contributed by atoms with E-state index in [-0.39, 0.29) is 11.6 Å². The fraction of sp³-hybridized carbons (Fsp3) is 0.467. The van der Waals surface area contributed by atoms with Crippen LogP contribution in [0, 0.1) is 11.7 Å². The number of aromatic nitrogens is 3. The minimum absolute atomic E-state index is 0.269. The highest BCUT2D eigenvalue weighted by Crippen LogP contribution is 2.21. The maximum absolute atomic E-state index is 13.8. The molecule has 0 spiro atoms. The molecule has 0 amide bonds. The molecule has 2 rings (SSSR count).